The molecular weight excluding hydrogens is 236 g/mol. The minimum Gasteiger partial charge on any atom is -0.340 e. The summed E-state index contributed by atoms with van der Waals surface area (Å²) in [7, 11) is 0. The number of carbonyl (C=O) groups excluding carboxylic acids is 1. The van der Waals surface area contributed by atoms with Crippen molar-refractivity contribution in [2.45, 2.75) is 51.0 Å². The smallest absolute Gasteiger partial charge is 0.223 e. The Kier molecular flexibility index (Phi) is 4.21. The van der Waals surface area contributed by atoms with Crippen molar-refractivity contribution < 1.29 is 4.79 Å². The van der Waals surface area contributed by atoms with E-state index in [2.05, 4.69) is 22.0 Å². The van der Waals surface area contributed by atoms with Gasteiger partial charge in [0.2, 0.25) is 5.91 Å². The maximum Gasteiger partial charge on any atom is 0.223 e. The lowest BCUT2D eigenvalue weighted by atomic mass is 10.0. The molecule has 3 rings (SSSR count). The number of carbonyl (C=O) groups is 1. The van der Waals surface area contributed by atoms with Crippen LogP contribution in [0.1, 0.15) is 44.9 Å². The topological polar surface area (TPSA) is 23.6 Å². The van der Waals surface area contributed by atoms with Crippen molar-refractivity contribution in [1.82, 2.24) is 9.80 Å². The molecule has 0 spiro atoms. The molecular formula is C16H26N2O. The van der Waals surface area contributed by atoms with E-state index in [1.165, 1.54) is 32.1 Å². The van der Waals surface area contributed by atoms with E-state index in [0.717, 1.165) is 45.1 Å². The van der Waals surface area contributed by atoms with Gasteiger partial charge in [-0.25, -0.2) is 0 Å². The molecule has 3 aliphatic rings. The largest absolute Gasteiger partial charge is 0.340 e. The number of rotatable bonds is 3. The molecule has 1 amide bonds. The molecule has 0 bridgehead atoms. The van der Waals surface area contributed by atoms with Crippen LogP contribution in [0.2, 0.25) is 0 Å². The molecule has 2 fully saturated rings. The summed E-state index contributed by atoms with van der Waals surface area (Å²) in [5, 5.41) is 0. The standard InChI is InChI=1S/C16H26N2O/c19-16(13-14-5-1-2-6-14)18-11-9-17(10-12-18)15-7-3-4-8-15/h1,5,14-15H,2-4,6-13H2. The second-order valence-corrected chi connectivity index (χ2v) is 6.32. The van der Waals surface area contributed by atoms with Gasteiger partial charge in [0.15, 0.2) is 0 Å². The number of nitrogens with zero attached hydrogens (tertiary/aromatic N) is 2. The number of piperazine rings is 1. The van der Waals surface area contributed by atoms with Crippen LogP contribution < -0.4 is 0 Å². The number of hydrogen-bond acceptors (Lipinski definition) is 2. The average molecular weight is 262 g/mol. The van der Waals surface area contributed by atoms with E-state index in [1.807, 2.05) is 0 Å². The molecule has 0 aromatic rings. The van der Waals surface area contributed by atoms with Gasteiger partial charge < -0.3 is 4.90 Å². The van der Waals surface area contributed by atoms with Crippen LogP contribution >= 0.6 is 0 Å². The van der Waals surface area contributed by atoms with Crippen LogP contribution in [0.5, 0.6) is 0 Å². The van der Waals surface area contributed by atoms with Gasteiger partial charge in [0.25, 0.3) is 0 Å². The molecule has 1 heterocycles. The molecule has 0 aromatic carbocycles. The van der Waals surface area contributed by atoms with Gasteiger partial charge in [0, 0.05) is 38.6 Å². The van der Waals surface area contributed by atoms with Crippen molar-refractivity contribution in [2.24, 2.45) is 5.92 Å². The Labute approximate surface area is 116 Å². The van der Waals surface area contributed by atoms with E-state index >= 15 is 0 Å². The monoisotopic (exact) mass is 262 g/mol. The molecule has 1 saturated heterocycles. The highest BCUT2D eigenvalue weighted by molar-refractivity contribution is 5.76. The molecule has 2 aliphatic carbocycles. The minimum atomic E-state index is 0.377. The zero-order chi connectivity index (χ0) is 13.1. The minimum absolute atomic E-state index is 0.377. The highest BCUT2D eigenvalue weighted by atomic mass is 16.2. The van der Waals surface area contributed by atoms with Crippen LogP contribution in [0.4, 0.5) is 0 Å². The molecule has 1 saturated carbocycles. The predicted molar refractivity (Wildman–Crippen MR) is 76.9 cm³/mol. The van der Waals surface area contributed by atoms with Crippen LogP contribution in [0.15, 0.2) is 12.2 Å². The van der Waals surface area contributed by atoms with Gasteiger partial charge in [-0.2, -0.15) is 0 Å². The number of amides is 1. The molecule has 1 atom stereocenters. The van der Waals surface area contributed by atoms with Crippen molar-refractivity contribution >= 4 is 5.91 Å². The second kappa shape index (κ2) is 6.08. The summed E-state index contributed by atoms with van der Waals surface area (Å²) >= 11 is 0. The zero-order valence-corrected chi connectivity index (χ0v) is 11.9. The fraction of sp³-hybridized carbons (Fsp3) is 0.812. The van der Waals surface area contributed by atoms with Gasteiger partial charge in [0.05, 0.1) is 0 Å². The lowest BCUT2D eigenvalue weighted by molar-refractivity contribution is -0.134. The Morgan fingerprint density at radius 3 is 2.42 bits per heavy atom. The molecule has 106 valence electrons. The normalized spacial score (nSPS) is 29.3. The fourth-order valence-electron chi connectivity index (χ4n) is 3.82. The highest BCUT2D eigenvalue weighted by Gasteiger charge is 2.28. The van der Waals surface area contributed by atoms with Crippen molar-refractivity contribution in [3.63, 3.8) is 0 Å². The Bertz CT molecular complexity index is 339. The molecule has 19 heavy (non-hydrogen) atoms. The van der Waals surface area contributed by atoms with Crippen molar-refractivity contribution in [3.8, 4) is 0 Å². The van der Waals surface area contributed by atoms with Gasteiger partial charge in [-0.1, -0.05) is 25.0 Å². The molecule has 3 nitrogen and oxygen atoms in total. The lowest BCUT2D eigenvalue weighted by Crippen LogP contribution is -2.51. The SMILES string of the molecule is O=C(CC1C=CCC1)N1CCN(C2CCCC2)CC1. The predicted octanol–water partition coefficient (Wildman–Crippen LogP) is 2.43. The van der Waals surface area contributed by atoms with Crippen molar-refractivity contribution in [2.75, 3.05) is 26.2 Å². The summed E-state index contributed by atoms with van der Waals surface area (Å²) in [4.78, 5) is 17.0. The number of allylic oxidation sites excluding steroid dienone is 2. The van der Waals surface area contributed by atoms with Crippen LogP contribution in [-0.2, 0) is 4.79 Å². The van der Waals surface area contributed by atoms with Gasteiger partial charge >= 0.3 is 0 Å². The maximum atomic E-state index is 12.3. The summed E-state index contributed by atoms with van der Waals surface area (Å²) in [5.74, 6) is 0.892. The molecule has 0 aromatic heterocycles. The summed E-state index contributed by atoms with van der Waals surface area (Å²) in [6, 6.07) is 0.815. The van der Waals surface area contributed by atoms with Gasteiger partial charge in [-0.15, -0.1) is 0 Å². The maximum absolute atomic E-state index is 12.3. The van der Waals surface area contributed by atoms with Crippen LogP contribution in [0.25, 0.3) is 0 Å². The molecule has 1 aliphatic heterocycles. The fourth-order valence-corrected chi connectivity index (χ4v) is 3.82. The summed E-state index contributed by atoms with van der Waals surface area (Å²) in [6.07, 6.45) is 13.1. The summed E-state index contributed by atoms with van der Waals surface area (Å²) < 4.78 is 0. The van der Waals surface area contributed by atoms with E-state index in [1.54, 1.807) is 0 Å². The first-order chi connectivity index (χ1) is 9.33. The summed E-state index contributed by atoms with van der Waals surface area (Å²) in [6.45, 7) is 4.09. The third kappa shape index (κ3) is 3.19. The summed E-state index contributed by atoms with van der Waals surface area (Å²) in [5.41, 5.74) is 0. The van der Waals surface area contributed by atoms with E-state index in [4.69, 9.17) is 0 Å². The Balaban J connectivity index is 1.43. The first-order valence-electron chi connectivity index (χ1n) is 8.01. The second-order valence-electron chi connectivity index (χ2n) is 6.32. The van der Waals surface area contributed by atoms with E-state index in [-0.39, 0.29) is 0 Å². The van der Waals surface area contributed by atoms with Crippen LogP contribution in [0, 0.1) is 5.92 Å². The number of hydrogen-bond donors (Lipinski definition) is 0. The van der Waals surface area contributed by atoms with Crippen molar-refractivity contribution in [1.29, 1.82) is 0 Å². The quantitative estimate of drug-likeness (QED) is 0.729. The lowest BCUT2D eigenvalue weighted by Gasteiger charge is -2.38. The zero-order valence-electron chi connectivity index (χ0n) is 11.9. The highest BCUT2D eigenvalue weighted by Crippen LogP contribution is 2.25. The van der Waals surface area contributed by atoms with Crippen LogP contribution in [0.3, 0.4) is 0 Å². The van der Waals surface area contributed by atoms with Gasteiger partial charge in [-0.05, 0) is 31.6 Å². The molecule has 0 N–H and O–H groups in total. The average Bonchev–Trinajstić information content (AvgIpc) is 3.12. The Morgan fingerprint density at radius 2 is 1.79 bits per heavy atom. The first kappa shape index (κ1) is 13.2. The first-order valence-corrected chi connectivity index (χ1v) is 8.01. The van der Waals surface area contributed by atoms with Crippen molar-refractivity contribution in [3.05, 3.63) is 12.2 Å². The Morgan fingerprint density at radius 1 is 1.05 bits per heavy atom. The molecule has 1 unspecified atom stereocenters. The molecule has 0 radical (unpaired) electrons. The van der Waals surface area contributed by atoms with Gasteiger partial charge in [-0.3, -0.25) is 9.69 Å². The van der Waals surface area contributed by atoms with E-state index in [0.29, 0.717) is 11.8 Å². The Hall–Kier alpha value is -0.830. The van der Waals surface area contributed by atoms with E-state index < -0.39 is 0 Å². The molecule has 3 heteroatoms. The van der Waals surface area contributed by atoms with E-state index in [9.17, 15) is 4.79 Å². The third-order valence-corrected chi connectivity index (χ3v) is 5.06. The van der Waals surface area contributed by atoms with Crippen LogP contribution in [-0.4, -0.2) is 47.9 Å². The third-order valence-electron chi connectivity index (χ3n) is 5.06. The van der Waals surface area contributed by atoms with Gasteiger partial charge in [0.1, 0.15) is 0 Å².